The van der Waals surface area contributed by atoms with Crippen LogP contribution in [-0.4, -0.2) is 22.5 Å². The lowest BCUT2D eigenvalue weighted by molar-refractivity contribution is 0.119. The number of hydrogen-bond donors (Lipinski definition) is 0. The molecule has 1 heterocycles. The zero-order valence-corrected chi connectivity index (χ0v) is 6.38. The minimum Gasteiger partial charge on any atom is -0.361 e. The average molecular weight is 213 g/mol. The van der Waals surface area contributed by atoms with E-state index in [1.54, 1.807) is 0 Å². The number of rotatable bonds is 0. The molecule has 0 N–H and O–H groups in total. The maximum atomic E-state index is 5.18. The third kappa shape index (κ3) is 1.54. The second-order valence-electron chi connectivity index (χ2n) is 1.75. The zero-order valence-electron chi connectivity index (χ0n) is 4.22. The van der Waals surface area contributed by atoms with Gasteiger partial charge in [0.25, 0.3) is 0 Å². The van der Waals surface area contributed by atoms with Gasteiger partial charge in [0, 0.05) is 29.4 Å². The highest BCUT2D eigenvalue weighted by molar-refractivity contribution is 14.1. The Kier molecular flexibility index (Phi) is 1.88. The van der Waals surface area contributed by atoms with E-state index in [1.165, 1.54) is 0 Å². The lowest BCUT2D eigenvalue weighted by Crippen LogP contribution is -2.07. The maximum Gasteiger partial charge on any atom is 0.108 e. The highest BCUT2D eigenvalue weighted by Gasteiger charge is 2.15. The van der Waals surface area contributed by atoms with Crippen molar-refractivity contribution in [3.63, 3.8) is 0 Å². The van der Waals surface area contributed by atoms with Gasteiger partial charge in [-0.3, -0.25) is 0 Å². The molecule has 0 aromatic heterocycles. The van der Waals surface area contributed by atoms with Crippen molar-refractivity contribution in [2.75, 3.05) is 13.3 Å². The third-order valence-electron chi connectivity index (χ3n) is 0.954. The summed E-state index contributed by atoms with van der Waals surface area (Å²) in [6.45, 7) is 3.95. The Bertz CT molecular complexity index is 60.7. The second-order valence-corrected chi connectivity index (χ2v) is 3.12. The summed E-state index contributed by atoms with van der Waals surface area (Å²) >= 11 is 2.26. The molecule has 1 unspecified atom stereocenters. The lowest BCUT2D eigenvalue weighted by Gasteiger charge is -1.96. The Labute approximate surface area is 57.3 Å². The minimum atomic E-state index is 0.442. The standard InChI is InChI=1S/C4H8INO/c1-4-2-6(5)3-7-4/h4H,2-3H2,1H3. The quantitative estimate of drug-likeness (QED) is 0.440. The van der Waals surface area contributed by atoms with Crippen molar-refractivity contribution in [3.05, 3.63) is 0 Å². The molecule has 0 radical (unpaired) electrons. The first-order valence-corrected chi connectivity index (χ1v) is 3.28. The molecule has 1 aliphatic heterocycles. The van der Waals surface area contributed by atoms with Gasteiger partial charge in [0.2, 0.25) is 0 Å². The Balaban J connectivity index is 2.26. The molecule has 2 nitrogen and oxygen atoms in total. The van der Waals surface area contributed by atoms with Gasteiger partial charge < -0.3 is 4.74 Å². The van der Waals surface area contributed by atoms with Gasteiger partial charge >= 0.3 is 0 Å². The van der Waals surface area contributed by atoms with Crippen LogP contribution < -0.4 is 0 Å². The number of halogens is 1. The molecule has 0 aromatic rings. The van der Waals surface area contributed by atoms with Crippen molar-refractivity contribution in [1.82, 2.24) is 3.11 Å². The van der Waals surface area contributed by atoms with Crippen LogP contribution in [-0.2, 0) is 4.74 Å². The summed E-state index contributed by atoms with van der Waals surface area (Å²) in [4.78, 5) is 0. The maximum absolute atomic E-state index is 5.18. The van der Waals surface area contributed by atoms with Crippen molar-refractivity contribution >= 4 is 22.9 Å². The first-order chi connectivity index (χ1) is 3.29. The molecule has 0 bridgehead atoms. The summed E-state index contributed by atoms with van der Waals surface area (Å²) in [6, 6.07) is 0. The molecule has 1 atom stereocenters. The summed E-state index contributed by atoms with van der Waals surface area (Å²) in [5, 5.41) is 0. The highest BCUT2D eigenvalue weighted by atomic mass is 127. The van der Waals surface area contributed by atoms with E-state index in [-0.39, 0.29) is 0 Å². The van der Waals surface area contributed by atoms with Crippen LogP contribution in [0.15, 0.2) is 0 Å². The smallest absolute Gasteiger partial charge is 0.108 e. The summed E-state index contributed by atoms with van der Waals surface area (Å²) in [6.07, 6.45) is 0.442. The van der Waals surface area contributed by atoms with E-state index in [1.807, 2.05) is 0 Å². The normalized spacial score (nSPS) is 34.3. The Morgan fingerprint density at radius 3 is 2.71 bits per heavy atom. The molecule has 1 fully saturated rings. The van der Waals surface area contributed by atoms with Crippen LogP contribution in [0, 0.1) is 0 Å². The van der Waals surface area contributed by atoms with Crippen LogP contribution in [0.3, 0.4) is 0 Å². The van der Waals surface area contributed by atoms with Crippen molar-refractivity contribution in [2.45, 2.75) is 13.0 Å². The third-order valence-corrected chi connectivity index (χ3v) is 1.63. The first kappa shape index (κ1) is 5.78. The van der Waals surface area contributed by atoms with E-state index in [4.69, 9.17) is 4.74 Å². The van der Waals surface area contributed by atoms with Crippen LogP contribution >= 0.6 is 22.9 Å². The van der Waals surface area contributed by atoms with Crippen LogP contribution in [0.1, 0.15) is 6.92 Å². The van der Waals surface area contributed by atoms with Crippen LogP contribution in [0.5, 0.6) is 0 Å². The van der Waals surface area contributed by atoms with Crippen LogP contribution in [0.4, 0.5) is 0 Å². The van der Waals surface area contributed by atoms with Crippen molar-refractivity contribution in [3.8, 4) is 0 Å². The molecule has 0 aromatic carbocycles. The first-order valence-electron chi connectivity index (χ1n) is 2.31. The lowest BCUT2D eigenvalue weighted by atomic mass is 10.4. The topological polar surface area (TPSA) is 12.5 Å². The van der Waals surface area contributed by atoms with Crippen LogP contribution in [0.2, 0.25) is 0 Å². The molecular weight excluding hydrogens is 205 g/mol. The molecule has 7 heavy (non-hydrogen) atoms. The average Bonchev–Trinajstić information content (AvgIpc) is 1.87. The van der Waals surface area contributed by atoms with Gasteiger partial charge in [-0.25, -0.2) is 3.11 Å². The summed E-state index contributed by atoms with van der Waals surface area (Å²) < 4.78 is 7.31. The monoisotopic (exact) mass is 213 g/mol. The molecule has 1 saturated heterocycles. The van der Waals surface area contributed by atoms with Gasteiger partial charge in [0.1, 0.15) is 6.73 Å². The summed E-state index contributed by atoms with van der Waals surface area (Å²) in [7, 11) is 0. The van der Waals surface area contributed by atoms with Crippen molar-refractivity contribution in [1.29, 1.82) is 0 Å². The van der Waals surface area contributed by atoms with E-state index < -0.39 is 0 Å². The van der Waals surface area contributed by atoms with Crippen molar-refractivity contribution < 1.29 is 4.74 Å². The molecular formula is C4H8INO. The van der Waals surface area contributed by atoms with E-state index >= 15 is 0 Å². The van der Waals surface area contributed by atoms with E-state index in [0.717, 1.165) is 13.3 Å². The molecule has 0 saturated carbocycles. The summed E-state index contributed by atoms with van der Waals surface area (Å²) in [5.74, 6) is 0. The second kappa shape index (κ2) is 2.28. The largest absolute Gasteiger partial charge is 0.361 e. The Morgan fingerprint density at radius 2 is 2.57 bits per heavy atom. The molecule has 0 amide bonds. The fourth-order valence-corrected chi connectivity index (χ4v) is 1.31. The van der Waals surface area contributed by atoms with Gasteiger partial charge in [-0.15, -0.1) is 0 Å². The highest BCUT2D eigenvalue weighted by Crippen LogP contribution is 2.10. The van der Waals surface area contributed by atoms with Crippen LogP contribution in [0.25, 0.3) is 0 Å². The zero-order chi connectivity index (χ0) is 5.28. The Morgan fingerprint density at radius 1 is 1.86 bits per heavy atom. The predicted molar refractivity (Wildman–Crippen MR) is 36.1 cm³/mol. The molecule has 42 valence electrons. The molecule has 0 aliphatic carbocycles. The van der Waals surface area contributed by atoms with E-state index in [0.29, 0.717) is 6.10 Å². The van der Waals surface area contributed by atoms with Gasteiger partial charge in [0.15, 0.2) is 0 Å². The fraction of sp³-hybridized carbons (Fsp3) is 1.00. The molecule has 1 aliphatic rings. The Hall–Kier alpha value is 0.650. The number of ether oxygens (including phenoxy) is 1. The van der Waals surface area contributed by atoms with Crippen molar-refractivity contribution in [2.24, 2.45) is 0 Å². The van der Waals surface area contributed by atoms with Gasteiger partial charge in [0.05, 0.1) is 6.10 Å². The number of nitrogens with zero attached hydrogens (tertiary/aromatic N) is 1. The minimum absolute atomic E-state index is 0.442. The van der Waals surface area contributed by atoms with Gasteiger partial charge in [-0.2, -0.15) is 0 Å². The van der Waals surface area contributed by atoms with Gasteiger partial charge in [-0.05, 0) is 6.92 Å². The molecule has 1 rings (SSSR count). The molecule has 3 heteroatoms. The summed E-state index contributed by atoms with van der Waals surface area (Å²) in [5.41, 5.74) is 0. The van der Waals surface area contributed by atoms with E-state index in [9.17, 15) is 0 Å². The number of hydrogen-bond acceptors (Lipinski definition) is 2. The SMILES string of the molecule is CC1CN(I)CO1. The van der Waals surface area contributed by atoms with Gasteiger partial charge in [-0.1, -0.05) is 0 Å². The van der Waals surface area contributed by atoms with E-state index in [2.05, 4.69) is 32.9 Å². The fourth-order valence-electron chi connectivity index (χ4n) is 0.593. The molecule has 0 spiro atoms. The predicted octanol–water partition coefficient (Wildman–Crippen LogP) is 1.01.